The van der Waals surface area contributed by atoms with Crippen molar-refractivity contribution < 1.29 is 0 Å². The SMILES string of the molecule is CN(C)c1c2n(c(=O)c3c1ccn3C)CCC2. The molecule has 0 saturated carbocycles. The molecule has 0 N–H and O–H groups in total. The van der Waals surface area contributed by atoms with Crippen molar-refractivity contribution in [2.75, 3.05) is 19.0 Å². The lowest BCUT2D eigenvalue weighted by Crippen LogP contribution is -2.24. The predicted molar refractivity (Wildman–Crippen MR) is 69.8 cm³/mol. The van der Waals surface area contributed by atoms with Gasteiger partial charge in [0.15, 0.2) is 0 Å². The summed E-state index contributed by atoms with van der Waals surface area (Å²) in [5, 5.41) is 1.08. The molecule has 3 heterocycles. The van der Waals surface area contributed by atoms with Gasteiger partial charge in [0.25, 0.3) is 5.56 Å². The van der Waals surface area contributed by atoms with Gasteiger partial charge in [-0.3, -0.25) is 4.79 Å². The Bertz CT molecular complexity index is 649. The first-order chi connectivity index (χ1) is 8.11. The Morgan fingerprint density at radius 3 is 2.82 bits per heavy atom. The van der Waals surface area contributed by atoms with Crippen molar-refractivity contribution in [3.8, 4) is 0 Å². The van der Waals surface area contributed by atoms with E-state index in [1.807, 2.05) is 42.5 Å². The minimum atomic E-state index is 0.158. The standard InChI is InChI=1S/C13H17N3O/c1-14(2)11-9-6-8-15(3)12(9)13(17)16-7-4-5-10(11)16/h6,8H,4-5,7H2,1-3H3. The number of rotatable bonds is 1. The number of fused-ring (bicyclic) bond motifs is 2. The van der Waals surface area contributed by atoms with Crippen LogP contribution in [0.25, 0.3) is 10.9 Å². The molecular weight excluding hydrogens is 214 g/mol. The molecule has 0 fully saturated rings. The van der Waals surface area contributed by atoms with Crippen molar-refractivity contribution in [2.24, 2.45) is 7.05 Å². The van der Waals surface area contributed by atoms with Gasteiger partial charge in [-0.05, 0) is 18.9 Å². The fourth-order valence-corrected chi connectivity index (χ4v) is 2.91. The molecule has 4 heteroatoms. The van der Waals surface area contributed by atoms with Crippen molar-refractivity contribution in [2.45, 2.75) is 19.4 Å². The summed E-state index contributed by atoms with van der Waals surface area (Å²) in [6.07, 6.45) is 4.05. The van der Waals surface area contributed by atoms with Crippen molar-refractivity contribution >= 4 is 16.6 Å². The van der Waals surface area contributed by atoms with E-state index in [0.29, 0.717) is 0 Å². The first-order valence-electron chi connectivity index (χ1n) is 5.99. The third-order valence-corrected chi connectivity index (χ3v) is 3.62. The second-order valence-electron chi connectivity index (χ2n) is 4.94. The average molecular weight is 231 g/mol. The Labute approximate surface area is 100 Å². The van der Waals surface area contributed by atoms with Gasteiger partial charge in [0.05, 0.1) is 5.69 Å². The van der Waals surface area contributed by atoms with Crippen LogP contribution in [0.1, 0.15) is 12.1 Å². The Hall–Kier alpha value is -1.71. The highest BCUT2D eigenvalue weighted by Gasteiger charge is 2.22. The molecule has 2 aromatic heterocycles. The number of nitrogens with zero attached hydrogens (tertiary/aromatic N) is 3. The zero-order valence-corrected chi connectivity index (χ0v) is 10.5. The zero-order valence-electron chi connectivity index (χ0n) is 10.5. The third kappa shape index (κ3) is 1.27. The van der Waals surface area contributed by atoms with Crippen LogP contribution in [0.5, 0.6) is 0 Å². The molecule has 90 valence electrons. The molecule has 0 aromatic carbocycles. The van der Waals surface area contributed by atoms with Crippen LogP contribution >= 0.6 is 0 Å². The van der Waals surface area contributed by atoms with E-state index in [2.05, 4.69) is 4.90 Å². The van der Waals surface area contributed by atoms with Gasteiger partial charge in [-0.1, -0.05) is 0 Å². The Balaban J connectivity index is 2.53. The fraction of sp³-hybridized carbons (Fsp3) is 0.462. The largest absolute Gasteiger partial charge is 0.376 e. The van der Waals surface area contributed by atoms with E-state index in [-0.39, 0.29) is 5.56 Å². The third-order valence-electron chi connectivity index (χ3n) is 3.62. The number of aryl methyl sites for hydroxylation is 1. The number of hydrogen-bond acceptors (Lipinski definition) is 2. The normalized spacial score (nSPS) is 14.3. The van der Waals surface area contributed by atoms with Crippen LogP contribution in [-0.2, 0) is 20.0 Å². The van der Waals surface area contributed by atoms with Gasteiger partial charge in [0, 0.05) is 45.0 Å². The highest BCUT2D eigenvalue weighted by atomic mass is 16.1. The lowest BCUT2D eigenvalue weighted by atomic mass is 10.1. The zero-order chi connectivity index (χ0) is 12.2. The lowest BCUT2D eigenvalue weighted by molar-refractivity contribution is 0.721. The Morgan fingerprint density at radius 2 is 2.12 bits per heavy atom. The van der Waals surface area contributed by atoms with Crippen LogP contribution in [0.15, 0.2) is 17.1 Å². The molecule has 0 saturated heterocycles. The quantitative estimate of drug-likeness (QED) is 0.741. The number of anilines is 1. The molecule has 2 aromatic rings. The number of pyridine rings is 1. The Kier molecular flexibility index (Phi) is 2.08. The predicted octanol–water partition coefficient (Wildman–Crippen LogP) is 1.35. The van der Waals surface area contributed by atoms with E-state index in [1.165, 1.54) is 11.4 Å². The first kappa shape index (κ1) is 10.4. The number of aromatic nitrogens is 2. The highest BCUT2D eigenvalue weighted by molar-refractivity contribution is 5.93. The second kappa shape index (κ2) is 3.39. The van der Waals surface area contributed by atoms with Gasteiger partial charge in [-0.2, -0.15) is 0 Å². The topological polar surface area (TPSA) is 30.2 Å². The minimum absolute atomic E-state index is 0.158. The summed E-state index contributed by atoms with van der Waals surface area (Å²) in [6.45, 7) is 0.857. The molecule has 3 rings (SSSR count). The maximum atomic E-state index is 12.4. The van der Waals surface area contributed by atoms with Gasteiger partial charge >= 0.3 is 0 Å². The van der Waals surface area contributed by atoms with Gasteiger partial charge in [-0.25, -0.2) is 0 Å². The summed E-state index contributed by atoms with van der Waals surface area (Å²) < 4.78 is 3.87. The smallest absolute Gasteiger partial charge is 0.275 e. The molecule has 0 unspecified atom stereocenters. The maximum absolute atomic E-state index is 12.4. The monoisotopic (exact) mass is 231 g/mol. The van der Waals surface area contributed by atoms with Crippen LogP contribution < -0.4 is 10.5 Å². The van der Waals surface area contributed by atoms with Crippen LogP contribution in [0.2, 0.25) is 0 Å². The van der Waals surface area contributed by atoms with Crippen molar-refractivity contribution in [1.82, 2.24) is 9.13 Å². The molecule has 0 bridgehead atoms. The molecule has 0 amide bonds. The summed E-state index contributed by atoms with van der Waals surface area (Å²) in [4.78, 5) is 14.5. The van der Waals surface area contributed by atoms with Crippen LogP contribution in [0.4, 0.5) is 5.69 Å². The summed E-state index contributed by atoms with van der Waals surface area (Å²) in [7, 11) is 6.03. The molecule has 1 aliphatic heterocycles. The summed E-state index contributed by atoms with van der Waals surface area (Å²) >= 11 is 0. The molecule has 0 radical (unpaired) electrons. The molecule has 0 spiro atoms. The first-order valence-corrected chi connectivity index (χ1v) is 5.99. The van der Waals surface area contributed by atoms with E-state index in [9.17, 15) is 4.79 Å². The summed E-state index contributed by atoms with van der Waals surface area (Å²) in [6, 6.07) is 2.05. The van der Waals surface area contributed by atoms with E-state index < -0.39 is 0 Å². The van der Waals surface area contributed by atoms with Crippen LogP contribution in [-0.4, -0.2) is 23.2 Å². The molecular formula is C13H17N3O. The molecule has 0 atom stereocenters. The van der Waals surface area contributed by atoms with Crippen molar-refractivity contribution in [3.63, 3.8) is 0 Å². The molecule has 17 heavy (non-hydrogen) atoms. The van der Waals surface area contributed by atoms with Gasteiger partial charge in [0.2, 0.25) is 0 Å². The van der Waals surface area contributed by atoms with E-state index in [0.717, 1.165) is 30.3 Å². The van der Waals surface area contributed by atoms with Gasteiger partial charge in [-0.15, -0.1) is 0 Å². The van der Waals surface area contributed by atoms with E-state index in [1.54, 1.807) is 0 Å². The molecule has 4 nitrogen and oxygen atoms in total. The highest BCUT2D eigenvalue weighted by Crippen LogP contribution is 2.31. The van der Waals surface area contributed by atoms with Crippen molar-refractivity contribution in [3.05, 3.63) is 28.3 Å². The minimum Gasteiger partial charge on any atom is -0.376 e. The van der Waals surface area contributed by atoms with E-state index in [4.69, 9.17) is 0 Å². The average Bonchev–Trinajstić information content (AvgIpc) is 2.86. The van der Waals surface area contributed by atoms with Gasteiger partial charge < -0.3 is 14.0 Å². The van der Waals surface area contributed by atoms with Crippen LogP contribution in [0, 0.1) is 0 Å². The summed E-state index contributed by atoms with van der Waals surface area (Å²) in [5.41, 5.74) is 3.38. The molecule has 1 aliphatic rings. The van der Waals surface area contributed by atoms with Crippen molar-refractivity contribution in [1.29, 1.82) is 0 Å². The lowest BCUT2D eigenvalue weighted by Gasteiger charge is -2.19. The maximum Gasteiger partial charge on any atom is 0.275 e. The van der Waals surface area contributed by atoms with Gasteiger partial charge in [0.1, 0.15) is 5.52 Å². The second-order valence-corrected chi connectivity index (χ2v) is 4.94. The van der Waals surface area contributed by atoms with Crippen LogP contribution in [0.3, 0.4) is 0 Å². The Morgan fingerprint density at radius 1 is 1.35 bits per heavy atom. The van der Waals surface area contributed by atoms with E-state index >= 15 is 0 Å². The summed E-state index contributed by atoms with van der Waals surface area (Å²) in [5.74, 6) is 0. The fourth-order valence-electron chi connectivity index (χ4n) is 2.91. The molecule has 0 aliphatic carbocycles. The number of hydrogen-bond donors (Lipinski definition) is 0.